The molecule has 0 bridgehead atoms. The van der Waals surface area contributed by atoms with Crippen molar-refractivity contribution in [3.8, 4) is 5.75 Å². The molecule has 0 atom stereocenters. The summed E-state index contributed by atoms with van der Waals surface area (Å²) in [5.74, 6) is 0.813. The second kappa shape index (κ2) is 7.40. The number of rotatable bonds is 4. The van der Waals surface area contributed by atoms with Crippen LogP contribution in [0, 0.1) is 0 Å². The molecule has 4 rings (SSSR count). The van der Waals surface area contributed by atoms with Crippen molar-refractivity contribution in [3.63, 3.8) is 0 Å². The van der Waals surface area contributed by atoms with Gasteiger partial charge in [0, 0.05) is 36.6 Å². The van der Waals surface area contributed by atoms with Gasteiger partial charge in [0.25, 0.3) is 5.91 Å². The third-order valence-electron chi connectivity index (χ3n) is 4.65. The normalized spacial score (nSPS) is 13.2. The summed E-state index contributed by atoms with van der Waals surface area (Å²) in [5.41, 5.74) is 4.29. The van der Waals surface area contributed by atoms with E-state index in [1.54, 1.807) is 12.4 Å². The number of carbonyl (C=O) groups is 1. The summed E-state index contributed by atoms with van der Waals surface area (Å²) in [4.78, 5) is 18.8. The SMILES string of the molecule is O=C(c1ccc(OCc2cccnc2)cc1)N1CCc2ccccc2C1. The molecule has 2 heterocycles. The number of benzene rings is 2. The molecule has 0 saturated carbocycles. The lowest BCUT2D eigenvalue weighted by Crippen LogP contribution is -2.35. The van der Waals surface area contributed by atoms with E-state index in [9.17, 15) is 4.79 Å². The molecule has 1 amide bonds. The summed E-state index contributed by atoms with van der Waals surface area (Å²) in [6.07, 6.45) is 4.43. The minimum atomic E-state index is 0.0679. The molecule has 0 fully saturated rings. The van der Waals surface area contributed by atoms with Crippen molar-refractivity contribution in [1.82, 2.24) is 9.88 Å². The molecule has 3 aromatic rings. The number of hydrogen-bond acceptors (Lipinski definition) is 3. The molecule has 1 aliphatic heterocycles. The maximum Gasteiger partial charge on any atom is 0.254 e. The maximum atomic E-state index is 12.8. The molecule has 1 aliphatic rings. The monoisotopic (exact) mass is 344 g/mol. The molecule has 0 saturated heterocycles. The van der Waals surface area contributed by atoms with Crippen LogP contribution in [0.4, 0.5) is 0 Å². The second-order valence-electron chi connectivity index (χ2n) is 6.42. The molecule has 0 N–H and O–H groups in total. The van der Waals surface area contributed by atoms with Crippen molar-refractivity contribution in [2.45, 2.75) is 19.6 Å². The van der Waals surface area contributed by atoms with Crippen LogP contribution in [0.1, 0.15) is 27.0 Å². The van der Waals surface area contributed by atoms with E-state index in [4.69, 9.17) is 4.74 Å². The third kappa shape index (κ3) is 3.59. The van der Waals surface area contributed by atoms with Crippen LogP contribution in [0.5, 0.6) is 5.75 Å². The van der Waals surface area contributed by atoms with Crippen LogP contribution in [0.3, 0.4) is 0 Å². The van der Waals surface area contributed by atoms with Crippen molar-refractivity contribution in [3.05, 3.63) is 95.3 Å². The molecule has 4 nitrogen and oxygen atoms in total. The Kier molecular flexibility index (Phi) is 4.65. The van der Waals surface area contributed by atoms with Crippen LogP contribution in [0.15, 0.2) is 73.1 Å². The Bertz CT molecular complexity index is 892. The van der Waals surface area contributed by atoms with E-state index in [2.05, 4.69) is 23.2 Å². The van der Waals surface area contributed by atoms with E-state index >= 15 is 0 Å². The summed E-state index contributed by atoms with van der Waals surface area (Å²) >= 11 is 0. The molecule has 0 spiro atoms. The minimum Gasteiger partial charge on any atom is -0.489 e. The summed E-state index contributed by atoms with van der Waals surface area (Å²) in [7, 11) is 0. The minimum absolute atomic E-state index is 0.0679. The molecule has 0 unspecified atom stereocenters. The first kappa shape index (κ1) is 16.3. The summed E-state index contributed by atoms with van der Waals surface area (Å²) in [6.45, 7) is 1.90. The number of ether oxygens (including phenoxy) is 1. The van der Waals surface area contributed by atoms with Gasteiger partial charge in [-0.15, -0.1) is 0 Å². The number of amides is 1. The number of hydrogen-bond donors (Lipinski definition) is 0. The molecule has 1 aromatic heterocycles. The lowest BCUT2D eigenvalue weighted by atomic mass is 9.99. The lowest BCUT2D eigenvalue weighted by Gasteiger charge is -2.29. The summed E-state index contributed by atoms with van der Waals surface area (Å²) < 4.78 is 5.75. The Balaban J connectivity index is 1.40. The zero-order valence-corrected chi connectivity index (χ0v) is 14.5. The van der Waals surface area contributed by atoms with Gasteiger partial charge in [0.2, 0.25) is 0 Å². The van der Waals surface area contributed by atoms with Crippen LogP contribution in [-0.2, 0) is 19.6 Å². The van der Waals surface area contributed by atoms with Gasteiger partial charge in [-0.25, -0.2) is 0 Å². The second-order valence-corrected chi connectivity index (χ2v) is 6.42. The topological polar surface area (TPSA) is 42.4 Å². The fourth-order valence-corrected chi connectivity index (χ4v) is 3.20. The number of carbonyl (C=O) groups excluding carboxylic acids is 1. The zero-order valence-electron chi connectivity index (χ0n) is 14.5. The first-order valence-electron chi connectivity index (χ1n) is 8.77. The van der Waals surface area contributed by atoms with E-state index in [0.29, 0.717) is 18.7 Å². The molecular formula is C22H20N2O2. The van der Waals surface area contributed by atoms with Crippen molar-refractivity contribution >= 4 is 5.91 Å². The highest BCUT2D eigenvalue weighted by Gasteiger charge is 2.21. The molecule has 0 radical (unpaired) electrons. The number of fused-ring (bicyclic) bond motifs is 1. The predicted molar refractivity (Wildman–Crippen MR) is 99.9 cm³/mol. The average Bonchev–Trinajstić information content (AvgIpc) is 2.72. The molecule has 130 valence electrons. The number of pyridine rings is 1. The van der Waals surface area contributed by atoms with Crippen molar-refractivity contribution in [1.29, 1.82) is 0 Å². The maximum absolute atomic E-state index is 12.8. The highest BCUT2D eigenvalue weighted by molar-refractivity contribution is 5.94. The van der Waals surface area contributed by atoms with Crippen LogP contribution in [0.25, 0.3) is 0 Å². The van der Waals surface area contributed by atoms with E-state index < -0.39 is 0 Å². The van der Waals surface area contributed by atoms with Gasteiger partial charge in [0.1, 0.15) is 12.4 Å². The van der Waals surface area contributed by atoms with Gasteiger partial charge in [0.05, 0.1) is 0 Å². The van der Waals surface area contributed by atoms with Gasteiger partial charge in [-0.05, 0) is 47.9 Å². The van der Waals surface area contributed by atoms with Gasteiger partial charge in [0.15, 0.2) is 0 Å². The standard InChI is InChI=1S/C22H20N2O2/c25-22(24-13-11-18-5-1-2-6-20(18)15-24)19-7-9-21(10-8-19)26-16-17-4-3-12-23-14-17/h1-10,12,14H,11,13,15-16H2. The zero-order chi connectivity index (χ0) is 17.8. The first-order chi connectivity index (χ1) is 12.8. The highest BCUT2D eigenvalue weighted by atomic mass is 16.5. The fraction of sp³-hybridized carbons (Fsp3) is 0.182. The number of aromatic nitrogens is 1. The van der Waals surface area contributed by atoms with Crippen molar-refractivity contribution in [2.24, 2.45) is 0 Å². The Morgan fingerprint density at radius 3 is 2.58 bits per heavy atom. The third-order valence-corrected chi connectivity index (χ3v) is 4.65. The molecule has 0 aliphatic carbocycles. The van der Waals surface area contributed by atoms with Crippen LogP contribution < -0.4 is 4.74 Å². The Hall–Kier alpha value is -3.14. The van der Waals surface area contributed by atoms with Crippen LogP contribution >= 0.6 is 0 Å². The van der Waals surface area contributed by atoms with E-state index in [1.165, 1.54) is 11.1 Å². The van der Waals surface area contributed by atoms with Gasteiger partial charge in [-0.2, -0.15) is 0 Å². The predicted octanol–water partition coefficient (Wildman–Crippen LogP) is 3.86. The Labute approximate surface area is 153 Å². The Morgan fingerprint density at radius 1 is 1.00 bits per heavy atom. The van der Waals surface area contributed by atoms with E-state index in [1.807, 2.05) is 47.4 Å². The van der Waals surface area contributed by atoms with Crippen molar-refractivity contribution in [2.75, 3.05) is 6.54 Å². The van der Waals surface area contributed by atoms with Crippen molar-refractivity contribution < 1.29 is 9.53 Å². The van der Waals surface area contributed by atoms with Gasteiger partial charge in [-0.1, -0.05) is 30.3 Å². The van der Waals surface area contributed by atoms with Gasteiger partial charge in [-0.3, -0.25) is 9.78 Å². The first-order valence-corrected chi connectivity index (χ1v) is 8.77. The van der Waals surface area contributed by atoms with E-state index in [-0.39, 0.29) is 5.91 Å². The fourth-order valence-electron chi connectivity index (χ4n) is 3.20. The molecule has 26 heavy (non-hydrogen) atoms. The van der Waals surface area contributed by atoms with Gasteiger partial charge >= 0.3 is 0 Å². The lowest BCUT2D eigenvalue weighted by molar-refractivity contribution is 0.0734. The van der Waals surface area contributed by atoms with E-state index in [0.717, 1.165) is 24.3 Å². The summed E-state index contributed by atoms with van der Waals surface area (Å²) in [5, 5.41) is 0. The molecule has 4 heteroatoms. The highest BCUT2D eigenvalue weighted by Crippen LogP contribution is 2.21. The van der Waals surface area contributed by atoms with Crippen LogP contribution in [0.2, 0.25) is 0 Å². The number of nitrogens with zero attached hydrogens (tertiary/aromatic N) is 2. The largest absolute Gasteiger partial charge is 0.489 e. The average molecular weight is 344 g/mol. The smallest absolute Gasteiger partial charge is 0.254 e. The van der Waals surface area contributed by atoms with Gasteiger partial charge < -0.3 is 9.64 Å². The summed E-state index contributed by atoms with van der Waals surface area (Å²) in [6, 6.07) is 19.6. The molecule has 2 aromatic carbocycles. The quantitative estimate of drug-likeness (QED) is 0.722. The van der Waals surface area contributed by atoms with Crippen LogP contribution in [-0.4, -0.2) is 22.3 Å². The molecular weight excluding hydrogens is 324 g/mol. The Morgan fingerprint density at radius 2 is 1.81 bits per heavy atom.